The van der Waals surface area contributed by atoms with Gasteiger partial charge < -0.3 is 49.6 Å². The first-order valence-corrected chi connectivity index (χ1v) is 15.2. The summed E-state index contributed by atoms with van der Waals surface area (Å²) in [5.74, 6) is -5.47. The van der Waals surface area contributed by atoms with Crippen LogP contribution in [0.2, 0.25) is 0 Å². The SMILES string of the molecule is COc1cccc2c1C(=O)c1c(O)c3c(c(O)c1C2=O)C[C@@](O)(C(=O)CO)C[C@@H]3O[C@H]1C[C@H](NOC(=O)c2cc(=O)[nH]c(=O)[nH]2)[C@H](O)[C@H](C)O1. The maximum Gasteiger partial charge on any atom is 0.373 e. The third-order valence-corrected chi connectivity index (χ3v) is 9.04. The van der Waals surface area contributed by atoms with E-state index in [-0.39, 0.29) is 34.4 Å². The fourth-order valence-corrected chi connectivity index (χ4v) is 6.60. The zero-order valence-corrected chi connectivity index (χ0v) is 26.3. The Morgan fingerprint density at radius 3 is 2.46 bits per heavy atom. The van der Waals surface area contributed by atoms with E-state index in [0.29, 0.717) is 0 Å². The van der Waals surface area contributed by atoms with Gasteiger partial charge in [-0.1, -0.05) is 12.1 Å². The van der Waals surface area contributed by atoms with Gasteiger partial charge in [0.15, 0.2) is 17.9 Å². The van der Waals surface area contributed by atoms with Gasteiger partial charge in [-0.05, 0) is 13.0 Å². The first kappa shape index (κ1) is 34.6. The molecule has 8 N–H and O–H groups in total. The average Bonchev–Trinajstić information content (AvgIpc) is 3.07. The van der Waals surface area contributed by atoms with Crippen LogP contribution in [0.3, 0.4) is 0 Å². The lowest BCUT2D eigenvalue weighted by Crippen LogP contribution is -2.55. The Kier molecular flexibility index (Phi) is 8.93. The summed E-state index contributed by atoms with van der Waals surface area (Å²) in [5, 5.41) is 55.0. The minimum Gasteiger partial charge on any atom is -0.507 e. The van der Waals surface area contributed by atoms with Gasteiger partial charge in [0.1, 0.15) is 35.2 Å². The summed E-state index contributed by atoms with van der Waals surface area (Å²) in [6.07, 6.45) is -6.80. The molecule has 2 heterocycles. The highest BCUT2D eigenvalue weighted by Gasteiger charge is 2.50. The zero-order chi connectivity index (χ0) is 36.2. The number of aliphatic hydroxyl groups is 3. The minimum atomic E-state index is -2.38. The molecule has 18 nitrogen and oxygen atoms in total. The molecular formula is C32H31N3O15. The Morgan fingerprint density at radius 2 is 1.78 bits per heavy atom. The van der Waals surface area contributed by atoms with Crippen molar-refractivity contribution in [3.05, 3.63) is 84.2 Å². The Bertz CT molecular complexity index is 2030. The number of aromatic hydroxyl groups is 2. The number of aliphatic hydroxyl groups excluding tert-OH is 2. The highest BCUT2D eigenvalue weighted by molar-refractivity contribution is 6.31. The van der Waals surface area contributed by atoms with Crippen molar-refractivity contribution in [2.75, 3.05) is 13.7 Å². The van der Waals surface area contributed by atoms with Crippen LogP contribution in [-0.4, -0.2) is 103 Å². The van der Waals surface area contributed by atoms with E-state index in [2.05, 4.69) is 10.5 Å². The highest BCUT2D eigenvalue weighted by atomic mass is 16.7. The number of hydrogen-bond acceptors (Lipinski definition) is 16. The quantitative estimate of drug-likeness (QED) is 0.0791. The van der Waals surface area contributed by atoms with Crippen LogP contribution in [0.25, 0.3) is 0 Å². The van der Waals surface area contributed by atoms with Crippen molar-refractivity contribution >= 4 is 23.3 Å². The van der Waals surface area contributed by atoms with E-state index in [9.17, 15) is 54.3 Å². The minimum absolute atomic E-state index is 0.0339. The van der Waals surface area contributed by atoms with Crippen molar-refractivity contribution in [2.24, 2.45) is 0 Å². The smallest absolute Gasteiger partial charge is 0.373 e. The zero-order valence-electron chi connectivity index (χ0n) is 26.3. The number of phenolic OH excluding ortho intramolecular Hbond substituents is 2. The largest absolute Gasteiger partial charge is 0.507 e. The summed E-state index contributed by atoms with van der Waals surface area (Å²) in [4.78, 5) is 84.9. The van der Waals surface area contributed by atoms with Gasteiger partial charge in [0.25, 0.3) is 5.56 Å². The molecule has 264 valence electrons. The second kappa shape index (κ2) is 12.9. The van der Waals surface area contributed by atoms with Crippen LogP contribution in [-0.2, 0) is 25.5 Å². The van der Waals surface area contributed by atoms with Crippen LogP contribution in [0, 0.1) is 0 Å². The number of nitrogens with one attached hydrogen (secondary N) is 3. The van der Waals surface area contributed by atoms with E-state index >= 15 is 0 Å². The number of benzene rings is 2. The van der Waals surface area contributed by atoms with Crippen molar-refractivity contribution < 1.29 is 63.8 Å². The average molecular weight is 698 g/mol. The van der Waals surface area contributed by atoms with Gasteiger partial charge in [0.05, 0.1) is 48.2 Å². The van der Waals surface area contributed by atoms with E-state index in [4.69, 9.17) is 19.0 Å². The number of ketones is 3. The molecule has 1 aromatic heterocycles. The number of aromatic amines is 2. The molecule has 1 saturated heterocycles. The number of H-pyrrole nitrogens is 2. The summed E-state index contributed by atoms with van der Waals surface area (Å²) in [5.41, 5.74) is -4.30. The maximum absolute atomic E-state index is 13.8. The van der Waals surface area contributed by atoms with Crippen LogP contribution >= 0.6 is 0 Å². The molecule has 0 bridgehead atoms. The number of rotatable bonds is 8. The lowest BCUT2D eigenvalue weighted by Gasteiger charge is -2.42. The third kappa shape index (κ3) is 5.76. The monoisotopic (exact) mass is 697 g/mol. The first-order chi connectivity index (χ1) is 23.7. The number of aromatic nitrogens is 2. The van der Waals surface area contributed by atoms with Gasteiger partial charge in [0.2, 0.25) is 5.78 Å². The van der Waals surface area contributed by atoms with E-state index in [0.717, 1.165) is 6.07 Å². The Hall–Kier alpha value is -5.24. The molecule has 2 aliphatic carbocycles. The molecule has 0 radical (unpaired) electrons. The molecule has 2 aromatic carbocycles. The van der Waals surface area contributed by atoms with E-state index in [1.807, 2.05) is 4.98 Å². The topological polar surface area (TPSA) is 284 Å². The van der Waals surface area contributed by atoms with Crippen molar-refractivity contribution in [3.63, 3.8) is 0 Å². The van der Waals surface area contributed by atoms with Crippen LogP contribution < -0.4 is 21.5 Å². The number of carbonyl (C=O) groups excluding carboxylic acids is 4. The number of hydroxylamine groups is 1. The van der Waals surface area contributed by atoms with Gasteiger partial charge in [-0.25, -0.2) is 9.59 Å². The summed E-state index contributed by atoms with van der Waals surface area (Å²) in [6.45, 7) is 0.333. The van der Waals surface area contributed by atoms with Crippen LogP contribution in [0.5, 0.6) is 17.2 Å². The maximum atomic E-state index is 13.8. The molecule has 6 rings (SSSR count). The van der Waals surface area contributed by atoms with E-state index in [1.54, 1.807) is 0 Å². The summed E-state index contributed by atoms with van der Waals surface area (Å²) < 4.78 is 17.2. The van der Waals surface area contributed by atoms with Crippen LogP contribution in [0.1, 0.15) is 79.3 Å². The van der Waals surface area contributed by atoms with Crippen molar-refractivity contribution in [2.45, 2.75) is 62.4 Å². The van der Waals surface area contributed by atoms with Crippen LogP contribution in [0.15, 0.2) is 33.9 Å². The summed E-state index contributed by atoms with van der Waals surface area (Å²) in [6, 6.07) is 3.90. The molecule has 6 atom stereocenters. The molecule has 0 amide bonds. The standard InChI is InChI=1S/C32H31N3O15/c1-11-25(39)14(35-50-30(44)15-6-19(38)34-31(45)33-15)7-20(48-11)49-17-9-32(46,18(37)10-36)8-13-22(17)29(43)24-23(27(13)41)26(40)12-4-3-5-16(47-2)21(12)28(24)42/h3-6,11,14,17,20,25,35-36,39,41,43,46H,7-10H2,1-2H3,(H2,33,34,38,45)/t11-,14-,17-,20-,25+,32-/m0/s1. The molecule has 3 aromatic rings. The molecule has 3 aliphatic rings. The number of hydrogen-bond donors (Lipinski definition) is 8. The lowest BCUT2D eigenvalue weighted by molar-refractivity contribution is -0.255. The lowest BCUT2D eigenvalue weighted by atomic mass is 9.72. The van der Waals surface area contributed by atoms with Gasteiger partial charge in [0, 0.05) is 42.0 Å². The third-order valence-electron chi connectivity index (χ3n) is 9.04. The first-order valence-electron chi connectivity index (χ1n) is 15.2. The molecule has 18 heteroatoms. The Morgan fingerprint density at radius 1 is 1.06 bits per heavy atom. The predicted molar refractivity (Wildman–Crippen MR) is 164 cm³/mol. The molecule has 0 unspecified atom stereocenters. The fourth-order valence-electron chi connectivity index (χ4n) is 6.60. The van der Waals surface area contributed by atoms with Crippen LogP contribution in [0.4, 0.5) is 0 Å². The van der Waals surface area contributed by atoms with E-state index in [1.165, 1.54) is 32.2 Å². The summed E-state index contributed by atoms with van der Waals surface area (Å²) in [7, 11) is 1.28. The number of ether oxygens (including phenoxy) is 3. The van der Waals surface area contributed by atoms with Crippen molar-refractivity contribution in [1.29, 1.82) is 0 Å². The second-order valence-electron chi connectivity index (χ2n) is 12.1. The molecule has 0 saturated carbocycles. The van der Waals surface area contributed by atoms with Gasteiger partial charge in [-0.3, -0.25) is 24.2 Å². The molecule has 50 heavy (non-hydrogen) atoms. The fraction of sp³-hybridized carbons (Fsp3) is 0.375. The van der Waals surface area contributed by atoms with Gasteiger partial charge in [-0.15, -0.1) is 5.48 Å². The number of fused-ring (bicyclic) bond motifs is 3. The van der Waals surface area contributed by atoms with Crippen molar-refractivity contribution in [1.82, 2.24) is 15.4 Å². The molecular weight excluding hydrogens is 666 g/mol. The Labute approximate surface area is 280 Å². The van der Waals surface area contributed by atoms with Gasteiger partial charge >= 0.3 is 11.7 Å². The second-order valence-corrected chi connectivity index (χ2v) is 12.1. The predicted octanol–water partition coefficient (Wildman–Crippen LogP) is -1.22. The van der Waals surface area contributed by atoms with Gasteiger partial charge in [-0.2, -0.15) is 0 Å². The summed E-state index contributed by atoms with van der Waals surface area (Å²) >= 11 is 0. The Balaban J connectivity index is 1.36. The van der Waals surface area contributed by atoms with Crippen molar-refractivity contribution in [3.8, 4) is 17.2 Å². The number of Topliss-reactive ketones (excluding diaryl/α,β-unsaturated/α-hetero) is 1. The molecule has 1 aliphatic heterocycles. The van der Waals surface area contributed by atoms with E-state index < -0.39 is 119 Å². The molecule has 0 spiro atoms. The number of carbonyl (C=O) groups is 4. The number of phenols is 2. The highest BCUT2D eigenvalue weighted by Crippen LogP contribution is 2.52. The normalized spacial score (nSPS) is 25.7. The number of methoxy groups -OCH3 is 1. The molecule has 1 fully saturated rings.